The Bertz CT molecular complexity index is 216. The Morgan fingerprint density at radius 2 is 1.72 bits per heavy atom. The van der Waals surface area contributed by atoms with Crippen LogP contribution in [0.2, 0.25) is 0 Å². The Hall–Kier alpha value is -0.0400. The van der Waals surface area contributed by atoms with Gasteiger partial charge in [0, 0.05) is 6.61 Å². The van der Waals surface area contributed by atoms with Gasteiger partial charge in [-0.3, -0.25) is 0 Å². The smallest absolute Gasteiger partial charge is 0.0575 e. The van der Waals surface area contributed by atoms with Crippen LogP contribution in [0.4, 0.5) is 0 Å². The molecule has 0 bridgehead atoms. The fraction of sp³-hybridized carbons (Fsp3) is 1.00. The minimum Gasteiger partial charge on any atom is -0.378 e. The molecule has 0 radical (unpaired) electrons. The first kappa shape index (κ1) is 14.4. The van der Waals surface area contributed by atoms with E-state index in [-0.39, 0.29) is 0 Å². The van der Waals surface area contributed by atoms with Crippen molar-refractivity contribution in [3.8, 4) is 0 Å². The minimum atomic E-state index is 0.618. The Kier molecular flexibility index (Phi) is 6.01. The van der Waals surface area contributed by atoms with Gasteiger partial charge >= 0.3 is 0 Å². The third-order valence-corrected chi connectivity index (χ3v) is 5.56. The van der Waals surface area contributed by atoms with Gasteiger partial charge in [-0.2, -0.15) is 0 Å². The normalized spacial score (nSPS) is 25.7. The summed E-state index contributed by atoms with van der Waals surface area (Å²) in [7, 11) is 0. The van der Waals surface area contributed by atoms with Crippen molar-refractivity contribution < 1.29 is 4.74 Å². The summed E-state index contributed by atoms with van der Waals surface area (Å²) in [5.74, 6) is 2.82. The molecule has 18 heavy (non-hydrogen) atoms. The van der Waals surface area contributed by atoms with Gasteiger partial charge in [0.25, 0.3) is 0 Å². The maximum Gasteiger partial charge on any atom is 0.0575 e. The molecule has 106 valence electrons. The molecule has 0 spiro atoms. The fourth-order valence-electron chi connectivity index (χ4n) is 3.81. The number of hydrogen-bond acceptors (Lipinski definition) is 1. The van der Waals surface area contributed by atoms with E-state index in [9.17, 15) is 0 Å². The molecule has 0 N–H and O–H groups in total. The van der Waals surface area contributed by atoms with Crippen molar-refractivity contribution in [2.24, 2.45) is 17.8 Å². The van der Waals surface area contributed by atoms with Crippen molar-refractivity contribution in [2.75, 3.05) is 6.61 Å². The second kappa shape index (κ2) is 7.53. The van der Waals surface area contributed by atoms with Crippen LogP contribution in [-0.4, -0.2) is 12.7 Å². The van der Waals surface area contributed by atoms with E-state index in [1.165, 1.54) is 64.2 Å². The van der Waals surface area contributed by atoms with Crippen molar-refractivity contribution in [2.45, 2.75) is 84.2 Å². The lowest BCUT2D eigenvalue weighted by Crippen LogP contribution is -2.26. The lowest BCUT2D eigenvalue weighted by atomic mass is 9.73. The zero-order valence-electron chi connectivity index (χ0n) is 12.5. The molecule has 2 saturated carbocycles. The summed E-state index contributed by atoms with van der Waals surface area (Å²) < 4.78 is 5.95. The zero-order chi connectivity index (χ0) is 12.8. The SMILES string of the molecule is CCC(CCOC1CCC1)C(C)C1CCCCC1. The summed E-state index contributed by atoms with van der Waals surface area (Å²) in [6.45, 7) is 5.89. The number of rotatable bonds is 7. The Morgan fingerprint density at radius 3 is 2.28 bits per heavy atom. The molecule has 0 heterocycles. The second-order valence-corrected chi connectivity index (χ2v) is 6.64. The molecule has 2 aliphatic carbocycles. The van der Waals surface area contributed by atoms with Crippen molar-refractivity contribution >= 4 is 0 Å². The van der Waals surface area contributed by atoms with E-state index in [4.69, 9.17) is 4.74 Å². The van der Waals surface area contributed by atoms with Crippen LogP contribution < -0.4 is 0 Å². The zero-order valence-corrected chi connectivity index (χ0v) is 12.5. The second-order valence-electron chi connectivity index (χ2n) is 6.64. The van der Waals surface area contributed by atoms with Gasteiger partial charge in [0.15, 0.2) is 0 Å². The first-order chi connectivity index (χ1) is 8.81. The molecule has 2 rings (SSSR count). The van der Waals surface area contributed by atoms with Crippen molar-refractivity contribution in [1.82, 2.24) is 0 Å². The van der Waals surface area contributed by atoms with Crippen molar-refractivity contribution in [1.29, 1.82) is 0 Å². The summed E-state index contributed by atoms with van der Waals surface area (Å²) >= 11 is 0. The topological polar surface area (TPSA) is 9.23 Å². The van der Waals surface area contributed by atoms with Crippen molar-refractivity contribution in [3.05, 3.63) is 0 Å². The molecule has 1 nitrogen and oxygen atoms in total. The van der Waals surface area contributed by atoms with Crippen LogP contribution in [0.5, 0.6) is 0 Å². The first-order valence-electron chi connectivity index (χ1n) is 8.42. The molecule has 2 atom stereocenters. The van der Waals surface area contributed by atoms with Crippen LogP contribution >= 0.6 is 0 Å². The highest BCUT2D eigenvalue weighted by Crippen LogP contribution is 2.36. The predicted octanol–water partition coefficient (Wildman–Crippen LogP) is 5.19. The molecule has 0 saturated heterocycles. The lowest BCUT2D eigenvalue weighted by molar-refractivity contribution is -0.00880. The van der Waals surface area contributed by atoms with Gasteiger partial charge in [0.2, 0.25) is 0 Å². The van der Waals surface area contributed by atoms with Gasteiger partial charge in [-0.1, -0.05) is 52.4 Å². The fourth-order valence-corrected chi connectivity index (χ4v) is 3.81. The van der Waals surface area contributed by atoms with Crippen LogP contribution in [0.3, 0.4) is 0 Å². The first-order valence-corrected chi connectivity index (χ1v) is 8.42. The van der Waals surface area contributed by atoms with Gasteiger partial charge in [-0.05, 0) is 43.4 Å². The highest BCUT2D eigenvalue weighted by atomic mass is 16.5. The number of ether oxygens (including phenoxy) is 1. The average molecular weight is 252 g/mol. The van der Waals surface area contributed by atoms with Gasteiger partial charge in [0.05, 0.1) is 6.10 Å². The molecule has 2 unspecified atom stereocenters. The minimum absolute atomic E-state index is 0.618. The monoisotopic (exact) mass is 252 g/mol. The average Bonchev–Trinajstić information content (AvgIpc) is 2.37. The Labute approximate surface area is 114 Å². The van der Waals surface area contributed by atoms with Gasteiger partial charge in [-0.15, -0.1) is 0 Å². The molecule has 0 aromatic rings. The largest absolute Gasteiger partial charge is 0.378 e. The molecule has 1 heteroatoms. The van der Waals surface area contributed by atoms with Crippen LogP contribution in [0, 0.1) is 17.8 Å². The molecule has 0 aliphatic heterocycles. The van der Waals surface area contributed by atoms with Gasteiger partial charge < -0.3 is 4.74 Å². The van der Waals surface area contributed by atoms with E-state index >= 15 is 0 Å². The van der Waals surface area contributed by atoms with E-state index in [0.29, 0.717) is 6.10 Å². The van der Waals surface area contributed by atoms with E-state index in [1.54, 1.807) is 0 Å². The molecular formula is C17H32O. The van der Waals surface area contributed by atoms with Crippen LogP contribution in [0.1, 0.15) is 78.1 Å². The van der Waals surface area contributed by atoms with E-state index in [0.717, 1.165) is 24.4 Å². The summed E-state index contributed by atoms with van der Waals surface area (Å²) in [6.07, 6.45) is 14.7. The maximum atomic E-state index is 5.95. The molecule has 0 amide bonds. The Balaban J connectivity index is 1.68. The van der Waals surface area contributed by atoms with Gasteiger partial charge in [-0.25, -0.2) is 0 Å². The van der Waals surface area contributed by atoms with E-state index in [1.807, 2.05) is 0 Å². The van der Waals surface area contributed by atoms with Crippen LogP contribution in [0.15, 0.2) is 0 Å². The third kappa shape index (κ3) is 3.98. The molecular weight excluding hydrogens is 220 g/mol. The molecule has 0 aromatic heterocycles. The summed E-state index contributed by atoms with van der Waals surface area (Å²) in [4.78, 5) is 0. The summed E-state index contributed by atoms with van der Waals surface area (Å²) in [6, 6.07) is 0. The molecule has 2 fully saturated rings. The van der Waals surface area contributed by atoms with Gasteiger partial charge in [0.1, 0.15) is 0 Å². The maximum absolute atomic E-state index is 5.95. The van der Waals surface area contributed by atoms with Crippen LogP contribution in [0.25, 0.3) is 0 Å². The van der Waals surface area contributed by atoms with Crippen molar-refractivity contribution in [3.63, 3.8) is 0 Å². The highest BCUT2D eigenvalue weighted by Gasteiger charge is 2.26. The quantitative estimate of drug-likeness (QED) is 0.606. The standard InChI is InChI=1S/C17H32O/c1-3-15(12-13-18-17-10-7-11-17)14(2)16-8-5-4-6-9-16/h14-17H,3-13H2,1-2H3. The Morgan fingerprint density at radius 1 is 1.00 bits per heavy atom. The summed E-state index contributed by atoms with van der Waals surface area (Å²) in [5, 5.41) is 0. The summed E-state index contributed by atoms with van der Waals surface area (Å²) in [5.41, 5.74) is 0. The van der Waals surface area contributed by atoms with E-state index in [2.05, 4.69) is 13.8 Å². The predicted molar refractivity (Wildman–Crippen MR) is 77.7 cm³/mol. The lowest BCUT2D eigenvalue weighted by Gasteiger charge is -2.34. The third-order valence-electron chi connectivity index (χ3n) is 5.56. The number of hydrogen-bond donors (Lipinski definition) is 0. The molecule has 2 aliphatic rings. The highest BCUT2D eigenvalue weighted by molar-refractivity contribution is 4.77. The molecule has 0 aromatic carbocycles. The van der Waals surface area contributed by atoms with E-state index < -0.39 is 0 Å². The van der Waals surface area contributed by atoms with Crippen LogP contribution in [-0.2, 0) is 4.74 Å².